The molecular formula is C23H20Cl2N2O2. The lowest BCUT2D eigenvalue weighted by atomic mass is 10.0. The van der Waals surface area contributed by atoms with Gasteiger partial charge in [-0.05, 0) is 54.4 Å². The number of fused-ring (bicyclic) bond motifs is 1. The summed E-state index contributed by atoms with van der Waals surface area (Å²) < 4.78 is 5.68. The molecule has 148 valence electrons. The number of carbonyl (C=O) groups excluding carboxylic acids is 1. The Morgan fingerprint density at radius 1 is 1.00 bits per heavy atom. The van der Waals surface area contributed by atoms with Gasteiger partial charge < -0.3 is 10.1 Å². The average molecular weight is 427 g/mol. The van der Waals surface area contributed by atoms with Crippen LogP contribution in [0.1, 0.15) is 35.4 Å². The van der Waals surface area contributed by atoms with Crippen molar-refractivity contribution in [1.82, 2.24) is 0 Å². The summed E-state index contributed by atoms with van der Waals surface area (Å²) in [4.78, 5) is 15.1. The first-order valence-electron chi connectivity index (χ1n) is 9.45. The molecule has 6 heteroatoms. The molecule has 1 amide bonds. The number of nitrogens with zero attached hydrogens (tertiary/aromatic N) is 1. The Morgan fingerprint density at radius 3 is 2.48 bits per heavy atom. The molecule has 1 unspecified atom stereocenters. The van der Waals surface area contributed by atoms with Crippen molar-refractivity contribution in [1.29, 1.82) is 0 Å². The van der Waals surface area contributed by atoms with Gasteiger partial charge in [-0.2, -0.15) is 0 Å². The maximum atomic E-state index is 13.4. The lowest BCUT2D eigenvalue weighted by Crippen LogP contribution is -2.43. The molecule has 1 aliphatic heterocycles. The minimum atomic E-state index is -0.394. The van der Waals surface area contributed by atoms with Crippen LogP contribution in [0.25, 0.3) is 0 Å². The van der Waals surface area contributed by atoms with E-state index in [0.717, 1.165) is 23.4 Å². The Hall–Kier alpha value is -2.69. The quantitative estimate of drug-likeness (QED) is 0.502. The van der Waals surface area contributed by atoms with Gasteiger partial charge >= 0.3 is 0 Å². The number of hydrogen-bond acceptors (Lipinski definition) is 3. The molecule has 0 saturated carbocycles. The lowest BCUT2D eigenvalue weighted by Gasteiger charge is -2.38. The first-order valence-corrected chi connectivity index (χ1v) is 10.2. The molecule has 3 aromatic carbocycles. The summed E-state index contributed by atoms with van der Waals surface area (Å²) in [6.07, 6.45) is 0.553. The predicted molar refractivity (Wildman–Crippen MR) is 118 cm³/mol. The van der Waals surface area contributed by atoms with Gasteiger partial charge in [0, 0.05) is 11.4 Å². The third-order valence-electron chi connectivity index (χ3n) is 4.78. The van der Waals surface area contributed by atoms with Crippen LogP contribution in [0.5, 0.6) is 5.75 Å². The van der Waals surface area contributed by atoms with E-state index < -0.39 is 6.17 Å². The molecular weight excluding hydrogens is 407 g/mol. The fourth-order valence-corrected chi connectivity index (χ4v) is 3.65. The highest BCUT2D eigenvalue weighted by atomic mass is 35.5. The van der Waals surface area contributed by atoms with Gasteiger partial charge in [-0.25, -0.2) is 0 Å². The zero-order valence-corrected chi connectivity index (χ0v) is 17.4. The van der Waals surface area contributed by atoms with Crippen LogP contribution in [0.2, 0.25) is 10.0 Å². The van der Waals surface area contributed by atoms with E-state index >= 15 is 0 Å². The molecule has 1 heterocycles. The maximum Gasteiger partial charge on any atom is 0.262 e. The number of hydrogen-bond donors (Lipinski definition) is 1. The van der Waals surface area contributed by atoms with Gasteiger partial charge in [0.05, 0.1) is 22.2 Å². The highest BCUT2D eigenvalue weighted by Crippen LogP contribution is 2.38. The first kappa shape index (κ1) is 19.6. The summed E-state index contributed by atoms with van der Waals surface area (Å²) in [5, 5.41) is 4.32. The Labute approximate surface area is 180 Å². The SMILES string of the molecule is CCCOc1ccc(C2Nc3ccccc3C(=O)N2c2ccc(Cl)c(Cl)c2)cc1. The minimum Gasteiger partial charge on any atom is -0.494 e. The van der Waals surface area contributed by atoms with Gasteiger partial charge in [0.15, 0.2) is 0 Å². The second-order valence-electron chi connectivity index (χ2n) is 6.78. The molecule has 0 spiro atoms. The summed E-state index contributed by atoms with van der Waals surface area (Å²) in [6, 6.07) is 20.5. The zero-order valence-electron chi connectivity index (χ0n) is 15.9. The van der Waals surface area contributed by atoms with Crippen LogP contribution in [0, 0.1) is 0 Å². The number of amides is 1. The van der Waals surface area contributed by atoms with E-state index in [-0.39, 0.29) is 5.91 Å². The second-order valence-corrected chi connectivity index (χ2v) is 7.60. The van der Waals surface area contributed by atoms with Crippen molar-refractivity contribution in [2.45, 2.75) is 19.5 Å². The van der Waals surface area contributed by atoms with E-state index in [1.54, 1.807) is 23.1 Å². The Morgan fingerprint density at radius 2 is 1.76 bits per heavy atom. The van der Waals surface area contributed by atoms with E-state index in [2.05, 4.69) is 12.2 Å². The third-order valence-corrected chi connectivity index (χ3v) is 5.52. The summed E-state index contributed by atoms with van der Waals surface area (Å²) in [5.41, 5.74) is 3.01. The number of halogens is 2. The molecule has 4 rings (SSSR count). The van der Waals surface area contributed by atoms with Gasteiger partial charge in [0.2, 0.25) is 0 Å². The Balaban J connectivity index is 1.76. The number of ether oxygens (including phenoxy) is 1. The molecule has 1 N–H and O–H groups in total. The molecule has 4 nitrogen and oxygen atoms in total. The second kappa shape index (κ2) is 8.36. The van der Waals surface area contributed by atoms with E-state index in [1.807, 2.05) is 48.5 Å². The Kier molecular flexibility index (Phi) is 5.65. The van der Waals surface area contributed by atoms with Crippen molar-refractivity contribution in [2.24, 2.45) is 0 Å². The number of rotatable bonds is 5. The molecule has 0 fully saturated rings. The van der Waals surface area contributed by atoms with Gasteiger partial charge in [0.25, 0.3) is 5.91 Å². The van der Waals surface area contributed by atoms with Crippen molar-refractivity contribution in [2.75, 3.05) is 16.8 Å². The van der Waals surface area contributed by atoms with E-state index in [1.165, 1.54) is 0 Å². The molecule has 3 aromatic rings. The van der Waals surface area contributed by atoms with Gasteiger partial charge in [-0.3, -0.25) is 9.69 Å². The van der Waals surface area contributed by atoms with E-state index in [0.29, 0.717) is 27.9 Å². The zero-order chi connectivity index (χ0) is 20.4. The van der Waals surface area contributed by atoms with Crippen LogP contribution in [-0.4, -0.2) is 12.5 Å². The van der Waals surface area contributed by atoms with Crippen LogP contribution in [0.4, 0.5) is 11.4 Å². The maximum absolute atomic E-state index is 13.4. The number of benzene rings is 3. The van der Waals surface area contributed by atoms with Crippen molar-refractivity contribution < 1.29 is 9.53 Å². The van der Waals surface area contributed by atoms with Crippen LogP contribution in [0.15, 0.2) is 66.7 Å². The predicted octanol–water partition coefficient (Wildman–Crippen LogP) is 6.55. The number of carbonyl (C=O) groups is 1. The molecule has 1 atom stereocenters. The molecule has 0 saturated heterocycles. The molecule has 0 aliphatic carbocycles. The van der Waals surface area contributed by atoms with Crippen molar-refractivity contribution in [3.8, 4) is 5.75 Å². The first-order chi connectivity index (χ1) is 14.1. The number of anilines is 2. The standard InChI is InChI=1S/C23H20Cl2N2O2/c1-2-13-29-17-10-7-15(8-11-17)22-26-21-6-4-3-5-18(21)23(28)27(22)16-9-12-19(24)20(25)14-16/h3-12,14,22,26H,2,13H2,1H3. The molecule has 0 aromatic heterocycles. The minimum absolute atomic E-state index is 0.103. The molecule has 29 heavy (non-hydrogen) atoms. The summed E-state index contributed by atoms with van der Waals surface area (Å²) in [5.74, 6) is 0.702. The van der Waals surface area contributed by atoms with Gasteiger partial charge in [-0.15, -0.1) is 0 Å². The monoisotopic (exact) mass is 426 g/mol. The van der Waals surface area contributed by atoms with Gasteiger partial charge in [-0.1, -0.05) is 54.4 Å². The normalized spacial score (nSPS) is 15.6. The van der Waals surface area contributed by atoms with Crippen molar-refractivity contribution in [3.63, 3.8) is 0 Å². The van der Waals surface area contributed by atoms with Crippen LogP contribution >= 0.6 is 23.2 Å². The largest absolute Gasteiger partial charge is 0.494 e. The number of para-hydroxylation sites is 1. The van der Waals surface area contributed by atoms with E-state index in [9.17, 15) is 4.79 Å². The smallest absolute Gasteiger partial charge is 0.262 e. The molecule has 0 radical (unpaired) electrons. The van der Waals surface area contributed by atoms with Crippen LogP contribution in [0.3, 0.4) is 0 Å². The highest BCUT2D eigenvalue weighted by molar-refractivity contribution is 6.42. The van der Waals surface area contributed by atoms with Crippen LogP contribution < -0.4 is 15.0 Å². The lowest BCUT2D eigenvalue weighted by molar-refractivity contribution is 0.0975. The summed E-state index contributed by atoms with van der Waals surface area (Å²) >= 11 is 12.3. The fraction of sp³-hybridized carbons (Fsp3) is 0.174. The molecule has 0 bridgehead atoms. The number of nitrogens with one attached hydrogen (secondary N) is 1. The van der Waals surface area contributed by atoms with Crippen LogP contribution in [-0.2, 0) is 0 Å². The van der Waals surface area contributed by atoms with Crippen molar-refractivity contribution >= 4 is 40.5 Å². The average Bonchev–Trinajstić information content (AvgIpc) is 2.75. The topological polar surface area (TPSA) is 41.6 Å². The summed E-state index contributed by atoms with van der Waals surface area (Å²) in [6.45, 7) is 2.74. The summed E-state index contributed by atoms with van der Waals surface area (Å²) in [7, 11) is 0. The third kappa shape index (κ3) is 3.91. The molecule has 1 aliphatic rings. The fourth-order valence-electron chi connectivity index (χ4n) is 3.35. The van der Waals surface area contributed by atoms with Gasteiger partial charge in [0.1, 0.15) is 11.9 Å². The Bertz CT molecular complexity index is 1040. The highest BCUT2D eigenvalue weighted by Gasteiger charge is 2.34. The van der Waals surface area contributed by atoms with Crippen molar-refractivity contribution in [3.05, 3.63) is 87.9 Å². The van der Waals surface area contributed by atoms with E-state index in [4.69, 9.17) is 27.9 Å².